The van der Waals surface area contributed by atoms with E-state index in [9.17, 15) is 0 Å². The van der Waals surface area contributed by atoms with Gasteiger partial charge in [-0.2, -0.15) is 0 Å². The van der Waals surface area contributed by atoms with E-state index in [0.717, 1.165) is 0 Å². The van der Waals surface area contributed by atoms with Crippen LogP contribution in [0.5, 0.6) is 0 Å². The molecule has 1 aromatic heterocycles. The third-order valence-electron chi connectivity index (χ3n) is 2.30. The van der Waals surface area contributed by atoms with Gasteiger partial charge in [0.2, 0.25) is 0 Å². The number of halogens is 2. The monoisotopic (exact) mass is 289 g/mol. The Bertz CT molecular complexity index is 215. The highest BCUT2D eigenvalue weighted by Gasteiger charge is 1.94. The van der Waals surface area contributed by atoms with Crippen LogP contribution in [0.2, 0.25) is 0 Å². The lowest BCUT2D eigenvalue weighted by Gasteiger charge is -1.98. The van der Waals surface area contributed by atoms with Crippen molar-refractivity contribution in [2.75, 3.05) is 0 Å². The molecule has 0 saturated heterocycles. The molecule has 89 valence electrons. The van der Waals surface area contributed by atoms with Gasteiger partial charge in [0.1, 0.15) is 0 Å². The number of thiophene rings is 1. The first-order chi connectivity index (χ1) is 7.85. The average Bonchev–Trinajstić information content (AvgIpc) is 2.77. The average molecular weight is 291 g/mol. The van der Waals surface area contributed by atoms with Crippen LogP contribution in [-0.2, 0) is 6.42 Å². The molecule has 0 atom stereocenters. The summed E-state index contributed by atoms with van der Waals surface area (Å²) in [5.74, 6) is 0. The van der Waals surface area contributed by atoms with Crippen molar-refractivity contribution in [1.29, 1.82) is 0 Å². The van der Waals surface area contributed by atoms with Gasteiger partial charge in [-0.15, -0.1) is 11.3 Å². The van der Waals surface area contributed by atoms with E-state index in [1.54, 1.807) is 11.3 Å². The fourth-order valence-corrected chi connectivity index (χ4v) is 2.15. The van der Waals surface area contributed by atoms with Crippen LogP contribution in [0.25, 0.3) is 0 Å². The number of hydrogen-bond donors (Lipinski definition) is 0. The molecule has 0 aliphatic rings. The van der Waals surface area contributed by atoms with Gasteiger partial charge in [0.25, 0.3) is 0 Å². The maximum Gasteiger partial charge on any atom is 0.618 e. The highest BCUT2D eigenvalue weighted by atomic mass is 35.6. The second-order valence-electron chi connectivity index (χ2n) is 3.64. The Kier molecular flexibility index (Phi) is 15.0. The van der Waals surface area contributed by atoms with E-state index >= 15 is 0 Å². The quantitative estimate of drug-likeness (QED) is 0.463. The van der Waals surface area contributed by atoms with E-state index in [-0.39, 0.29) is 0 Å². The predicted molar refractivity (Wildman–Crippen MR) is 77.7 cm³/mol. The van der Waals surface area contributed by atoms with Gasteiger partial charge in [-0.1, -0.05) is 39.0 Å². The van der Waals surface area contributed by atoms with Crippen molar-refractivity contribution in [2.45, 2.75) is 51.9 Å². The summed E-state index contributed by atoms with van der Waals surface area (Å²) in [4.78, 5) is 1.50. The molecule has 0 unspecified atom stereocenters. The van der Waals surface area contributed by atoms with Crippen LogP contribution >= 0.6 is 29.5 Å². The molecule has 0 aliphatic heterocycles. The van der Waals surface area contributed by atoms with Crippen LogP contribution in [0.15, 0.2) is 12.1 Å². The largest absolute Gasteiger partial charge is 0.618 e. The van der Waals surface area contributed by atoms with Crippen molar-refractivity contribution in [2.24, 2.45) is 0 Å². The zero-order chi connectivity index (χ0) is 12.1. The molecule has 0 fully saturated rings. The van der Waals surface area contributed by atoms with Crippen LogP contribution in [0.1, 0.15) is 50.3 Å². The third-order valence-corrected chi connectivity index (χ3v) is 3.16. The molecule has 1 rings (SSSR count). The lowest BCUT2D eigenvalue weighted by atomic mass is 10.1. The highest BCUT2D eigenvalue weighted by molar-refractivity contribution is 7.22. The summed E-state index contributed by atoms with van der Waals surface area (Å²) < 4.78 is 0. The molecule has 0 spiro atoms. The molecule has 0 saturated carbocycles. The number of aryl methyl sites for hydroxylation is 1. The molecular weight excluding hydrogens is 271 g/mol. The Labute approximate surface area is 121 Å². The predicted octanol–water partition coefficient (Wildman–Crippen LogP) is 5.45. The molecule has 16 heavy (non-hydrogen) atoms. The fraction of sp³-hybridized carbons (Fsp3) is 0.667. The molecule has 0 amide bonds. The molecule has 0 bridgehead atoms. The molecule has 0 N–H and O–H groups in total. The van der Waals surface area contributed by atoms with E-state index in [1.807, 2.05) is 6.07 Å². The van der Waals surface area contributed by atoms with Crippen LogP contribution in [-0.4, -0.2) is 18.2 Å². The number of hydrogen-bond acceptors (Lipinski definition) is 1. The van der Waals surface area contributed by atoms with E-state index in [2.05, 4.69) is 18.4 Å². The lowest BCUT2D eigenvalue weighted by Crippen LogP contribution is -1.82. The summed E-state index contributed by atoms with van der Waals surface area (Å²) in [5.41, 5.74) is 0. The van der Waals surface area contributed by atoms with Gasteiger partial charge in [-0.25, -0.2) is 0 Å². The Morgan fingerprint density at radius 1 is 1.19 bits per heavy atom. The Hall–Kier alpha value is 1.05. The van der Waals surface area contributed by atoms with Gasteiger partial charge < -0.3 is 18.1 Å². The van der Waals surface area contributed by atoms with Crippen molar-refractivity contribution in [3.05, 3.63) is 22.4 Å². The summed E-state index contributed by atoms with van der Waals surface area (Å²) in [6.45, 7) is 2.27. The molecule has 1 heterocycles. The van der Waals surface area contributed by atoms with Gasteiger partial charge in [-0.05, 0) is 25.0 Å². The fourth-order valence-electron chi connectivity index (χ4n) is 1.48. The molecule has 0 aromatic carbocycles. The van der Waals surface area contributed by atoms with E-state index in [1.165, 1.54) is 49.8 Å². The normalized spacial score (nSPS) is 9.19. The Balaban J connectivity index is 0.000000673. The van der Waals surface area contributed by atoms with Gasteiger partial charge >= 0.3 is 18.2 Å². The Morgan fingerprint density at radius 2 is 1.81 bits per heavy atom. The summed E-state index contributed by atoms with van der Waals surface area (Å²) in [7, 11) is 9.81. The van der Waals surface area contributed by atoms with Crippen LogP contribution in [0.3, 0.4) is 0 Å². The topological polar surface area (TPSA) is 0 Å². The third kappa shape index (κ3) is 11.5. The summed E-state index contributed by atoms with van der Waals surface area (Å²) in [5, 5.41) is 3.13. The van der Waals surface area contributed by atoms with E-state index in [4.69, 9.17) is 18.1 Å². The van der Waals surface area contributed by atoms with Crippen LogP contribution < -0.4 is 0 Å². The number of rotatable bonds is 7. The van der Waals surface area contributed by atoms with Crippen LogP contribution in [0.4, 0.5) is 0 Å². The SMILES string of the molecule is CCCCCCCCc1cc[c]s1.[Cl][Mg][Cl]. The Morgan fingerprint density at radius 3 is 2.38 bits per heavy atom. The van der Waals surface area contributed by atoms with Crippen molar-refractivity contribution >= 4 is 47.6 Å². The summed E-state index contributed by atoms with van der Waals surface area (Å²) in [6.07, 6.45) is 9.62. The van der Waals surface area contributed by atoms with Crippen molar-refractivity contribution < 1.29 is 0 Å². The molecule has 4 heteroatoms. The van der Waals surface area contributed by atoms with Gasteiger partial charge in [-0.3, -0.25) is 0 Å². The molecule has 1 aromatic rings. The molecule has 0 nitrogen and oxygen atoms in total. The first-order valence-electron chi connectivity index (χ1n) is 5.91. The first-order valence-corrected chi connectivity index (χ1v) is 11.0. The van der Waals surface area contributed by atoms with Gasteiger partial charge in [0, 0.05) is 10.3 Å². The standard InChI is InChI=1S/C12H19S.2ClH.Mg/c1-2-3-4-5-6-7-9-12-10-8-11-13-12;;;/h8,10H,2-7,9H2,1H3;2*1H;/q;;;+2/p-2. The van der Waals surface area contributed by atoms with Crippen LogP contribution in [0, 0.1) is 5.38 Å². The van der Waals surface area contributed by atoms with E-state index in [0.29, 0.717) is 0 Å². The highest BCUT2D eigenvalue weighted by Crippen LogP contribution is 2.13. The van der Waals surface area contributed by atoms with Gasteiger partial charge in [0.15, 0.2) is 0 Å². The number of unbranched alkanes of at least 4 members (excludes halogenated alkanes) is 5. The minimum atomic E-state index is -0.639. The summed E-state index contributed by atoms with van der Waals surface area (Å²) in [6, 6.07) is 4.22. The molecular formula is C12H19Cl2MgS. The maximum atomic E-state index is 4.90. The molecule has 1 radical (unpaired) electrons. The first kappa shape index (κ1) is 17.0. The maximum absolute atomic E-state index is 4.90. The lowest BCUT2D eigenvalue weighted by molar-refractivity contribution is 0.609. The second-order valence-corrected chi connectivity index (χ2v) is 7.23. The van der Waals surface area contributed by atoms with E-state index < -0.39 is 18.2 Å². The van der Waals surface area contributed by atoms with Gasteiger partial charge in [0.05, 0.1) is 0 Å². The van der Waals surface area contributed by atoms with Crippen molar-refractivity contribution in [3.8, 4) is 0 Å². The second kappa shape index (κ2) is 14.1. The minimum absolute atomic E-state index is 0.639. The van der Waals surface area contributed by atoms with Crippen molar-refractivity contribution in [1.82, 2.24) is 0 Å². The zero-order valence-electron chi connectivity index (χ0n) is 9.98. The zero-order valence-corrected chi connectivity index (χ0v) is 13.7. The van der Waals surface area contributed by atoms with Crippen molar-refractivity contribution in [3.63, 3.8) is 0 Å². The smallest absolute Gasteiger partial charge is 0.309 e. The minimum Gasteiger partial charge on any atom is -0.309 e. The molecule has 0 aliphatic carbocycles. The summed E-state index contributed by atoms with van der Waals surface area (Å²) >= 11 is 1.13.